The van der Waals surface area contributed by atoms with Gasteiger partial charge >= 0.3 is 0 Å². The largest absolute Gasteiger partial charge is 0.350 e. The SMILES string of the molecule is CC1CCC(CNC(C)C(=O)NC(C)(C)C)C1. The monoisotopic (exact) mass is 240 g/mol. The molecule has 0 heterocycles. The zero-order valence-corrected chi connectivity index (χ0v) is 12.0. The van der Waals surface area contributed by atoms with Crippen molar-refractivity contribution < 1.29 is 4.79 Å². The Morgan fingerprint density at radius 3 is 2.47 bits per heavy atom. The van der Waals surface area contributed by atoms with Gasteiger partial charge in [0.1, 0.15) is 0 Å². The van der Waals surface area contributed by atoms with E-state index >= 15 is 0 Å². The lowest BCUT2D eigenvalue weighted by atomic mass is 10.1. The third-order valence-electron chi connectivity index (χ3n) is 3.41. The van der Waals surface area contributed by atoms with E-state index in [4.69, 9.17) is 0 Å². The van der Waals surface area contributed by atoms with Crippen LogP contribution >= 0.6 is 0 Å². The molecule has 3 heteroatoms. The summed E-state index contributed by atoms with van der Waals surface area (Å²) in [6.07, 6.45) is 3.96. The summed E-state index contributed by atoms with van der Waals surface area (Å²) in [6, 6.07) is -0.0925. The lowest BCUT2D eigenvalue weighted by Gasteiger charge is -2.24. The van der Waals surface area contributed by atoms with Crippen LogP contribution in [0.4, 0.5) is 0 Å². The average molecular weight is 240 g/mol. The molecule has 0 saturated heterocycles. The maximum Gasteiger partial charge on any atom is 0.237 e. The lowest BCUT2D eigenvalue weighted by molar-refractivity contribution is -0.124. The maximum absolute atomic E-state index is 11.9. The fraction of sp³-hybridized carbons (Fsp3) is 0.929. The summed E-state index contributed by atoms with van der Waals surface area (Å²) < 4.78 is 0. The highest BCUT2D eigenvalue weighted by Gasteiger charge is 2.23. The van der Waals surface area contributed by atoms with Crippen LogP contribution in [0.25, 0.3) is 0 Å². The van der Waals surface area contributed by atoms with Crippen LogP contribution in [0, 0.1) is 11.8 Å². The fourth-order valence-electron chi connectivity index (χ4n) is 2.42. The minimum atomic E-state index is -0.144. The van der Waals surface area contributed by atoms with E-state index in [-0.39, 0.29) is 17.5 Å². The first-order valence-corrected chi connectivity index (χ1v) is 6.83. The summed E-state index contributed by atoms with van der Waals surface area (Å²) >= 11 is 0. The van der Waals surface area contributed by atoms with Gasteiger partial charge in [0, 0.05) is 5.54 Å². The number of nitrogens with one attached hydrogen (secondary N) is 2. The van der Waals surface area contributed by atoms with Crippen molar-refractivity contribution in [2.24, 2.45) is 11.8 Å². The maximum atomic E-state index is 11.9. The Kier molecular flexibility index (Phi) is 4.99. The van der Waals surface area contributed by atoms with Crippen molar-refractivity contribution in [2.75, 3.05) is 6.54 Å². The molecule has 1 aliphatic rings. The van der Waals surface area contributed by atoms with Gasteiger partial charge in [-0.15, -0.1) is 0 Å². The second-order valence-corrected chi connectivity index (χ2v) is 6.65. The molecule has 100 valence electrons. The third-order valence-corrected chi connectivity index (χ3v) is 3.41. The van der Waals surface area contributed by atoms with Crippen molar-refractivity contribution in [3.8, 4) is 0 Å². The van der Waals surface area contributed by atoms with E-state index in [2.05, 4.69) is 17.6 Å². The number of hydrogen-bond donors (Lipinski definition) is 2. The molecular formula is C14H28N2O. The van der Waals surface area contributed by atoms with Gasteiger partial charge in [-0.05, 0) is 58.9 Å². The van der Waals surface area contributed by atoms with Crippen molar-refractivity contribution in [3.63, 3.8) is 0 Å². The van der Waals surface area contributed by atoms with Crippen molar-refractivity contribution >= 4 is 5.91 Å². The van der Waals surface area contributed by atoms with Crippen molar-refractivity contribution in [1.29, 1.82) is 0 Å². The van der Waals surface area contributed by atoms with Crippen LogP contribution in [0.3, 0.4) is 0 Å². The topological polar surface area (TPSA) is 41.1 Å². The molecular weight excluding hydrogens is 212 g/mol. The molecule has 0 aliphatic heterocycles. The Hall–Kier alpha value is -0.570. The van der Waals surface area contributed by atoms with Crippen LogP contribution in [0.2, 0.25) is 0 Å². The molecule has 3 unspecified atom stereocenters. The summed E-state index contributed by atoms with van der Waals surface area (Å²) in [5, 5.41) is 6.36. The molecule has 0 bridgehead atoms. The number of rotatable bonds is 4. The van der Waals surface area contributed by atoms with Gasteiger partial charge in [0.25, 0.3) is 0 Å². The van der Waals surface area contributed by atoms with Gasteiger partial charge in [0.2, 0.25) is 5.91 Å². The number of hydrogen-bond acceptors (Lipinski definition) is 2. The van der Waals surface area contributed by atoms with E-state index < -0.39 is 0 Å². The van der Waals surface area contributed by atoms with Crippen LogP contribution in [0.1, 0.15) is 53.9 Å². The first kappa shape index (κ1) is 14.5. The highest BCUT2D eigenvalue weighted by atomic mass is 16.2. The fourth-order valence-corrected chi connectivity index (χ4v) is 2.42. The molecule has 0 spiro atoms. The Morgan fingerprint density at radius 1 is 1.35 bits per heavy atom. The summed E-state index contributed by atoms with van der Waals surface area (Å²) in [4.78, 5) is 11.9. The molecule has 17 heavy (non-hydrogen) atoms. The molecule has 0 radical (unpaired) electrons. The number of carbonyl (C=O) groups excluding carboxylic acids is 1. The average Bonchev–Trinajstić information content (AvgIpc) is 2.58. The van der Waals surface area contributed by atoms with Gasteiger partial charge < -0.3 is 10.6 Å². The van der Waals surface area contributed by atoms with Crippen molar-refractivity contribution in [1.82, 2.24) is 10.6 Å². The van der Waals surface area contributed by atoms with Crippen LogP contribution in [-0.2, 0) is 4.79 Å². The van der Waals surface area contributed by atoms with Gasteiger partial charge in [-0.3, -0.25) is 4.79 Å². The molecule has 0 aromatic rings. The summed E-state index contributed by atoms with van der Waals surface area (Å²) in [7, 11) is 0. The van der Waals surface area contributed by atoms with E-state index in [1.807, 2.05) is 27.7 Å². The predicted molar refractivity (Wildman–Crippen MR) is 71.9 cm³/mol. The third kappa shape index (κ3) is 5.53. The van der Waals surface area contributed by atoms with Crippen LogP contribution in [0.15, 0.2) is 0 Å². The van der Waals surface area contributed by atoms with Gasteiger partial charge in [0.05, 0.1) is 6.04 Å². The van der Waals surface area contributed by atoms with E-state index in [9.17, 15) is 4.79 Å². The minimum Gasteiger partial charge on any atom is -0.350 e. The second-order valence-electron chi connectivity index (χ2n) is 6.65. The van der Waals surface area contributed by atoms with Gasteiger partial charge in [-0.1, -0.05) is 13.3 Å². The smallest absolute Gasteiger partial charge is 0.237 e. The quantitative estimate of drug-likeness (QED) is 0.792. The van der Waals surface area contributed by atoms with Crippen LogP contribution in [-0.4, -0.2) is 24.0 Å². The Bertz CT molecular complexity index is 257. The molecule has 0 aromatic heterocycles. The molecule has 1 rings (SSSR count). The standard InChI is InChI=1S/C14H28N2O/c1-10-6-7-12(8-10)9-15-11(2)13(17)16-14(3,4)5/h10-12,15H,6-9H2,1-5H3,(H,16,17). The van der Waals surface area contributed by atoms with E-state index in [0.29, 0.717) is 0 Å². The van der Waals surface area contributed by atoms with E-state index in [0.717, 1.165) is 18.4 Å². The normalized spacial score (nSPS) is 26.9. The van der Waals surface area contributed by atoms with Gasteiger partial charge in [-0.25, -0.2) is 0 Å². The van der Waals surface area contributed by atoms with Crippen LogP contribution in [0.5, 0.6) is 0 Å². The summed E-state index contributed by atoms with van der Waals surface area (Å²) in [5.74, 6) is 1.72. The number of carbonyl (C=O) groups is 1. The summed E-state index contributed by atoms with van der Waals surface area (Å²) in [5.41, 5.74) is -0.144. The lowest BCUT2D eigenvalue weighted by Crippen LogP contribution is -2.50. The first-order valence-electron chi connectivity index (χ1n) is 6.83. The summed E-state index contributed by atoms with van der Waals surface area (Å²) in [6.45, 7) is 11.3. The molecule has 3 atom stereocenters. The first-order chi connectivity index (χ1) is 7.78. The molecule has 1 fully saturated rings. The van der Waals surface area contributed by atoms with Crippen LogP contribution < -0.4 is 10.6 Å². The van der Waals surface area contributed by atoms with E-state index in [1.54, 1.807) is 0 Å². The molecule has 1 amide bonds. The molecule has 2 N–H and O–H groups in total. The van der Waals surface area contributed by atoms with Crippen molar-refractivity contribution in [3.05, 3.63) is 0 Å². The Labute approximate surface area is 106 Å². The predicted octanol–water partition coefficient (Wildman–Crippen LogP) is 2.32. The van der Waals surface area contributed by atoms with Crippen molar-refractivity contribution in [2.45, 2.75) is 65.5 Å². The molecule has 0 aromatic carbocycles. The Morgan fingerprint density at radius 2 is 2.00 bits per heavy atom. The molecule has 1 aliphatic carbocycles. The van der Waals surface area contributed by atoms with E-state index in [1.165, 1.54) is 19.3 Å². The molecule has 1 saturated carbocycles. The molecule has 3 nitrogen and oxygen atoms in total. The van der Waals surface area contributed by atoms with Gasteiger partial charge in [-0.2, -0.15) is 0 Å². The van der Waals surface area contributed by atoms with Gasteiger partial charge in [0.15, 0.2) is 0 Å². The minimum absolute atomic E-state index is 0.0925. The second kappa shape index (κ2) is 5.85. The number of amides is 1. The Balaban J connectivity index is 2.24. The zero-order chi connectivity index (χ0) is 13.1. The highest BCUT2D eigenvalue weighted by Crippen LogP contribution is 2.29. The highest BCUT2D eigenvalue weighted by molar-refractivity contribution is 5.81. The zero-order valence-electron chi connectivity index (χ0n) is 12.0.